The van der Waals surface area contributed by atoms with Crippen LogP contribution in [-0.4, -0.2) is 22.3 Å². The molecule has 0 radical (unpaired) electrons. The Labute approximate surface area is 120 Å². The van der Waals surface area contributed by atoms with Gasteiger partial charge in [-0.25, -0.2) is 13.2 Å². The lowest BCUT2D eigenvalue weighted by molar-refractivity contribution is 0.411. The van der Waals surface area contributed by atoms with Crippen LogP contribution in [0, 0.1) is 17.5 Å². The summed E-state index contributed by atoms with van der Waals surface area (Å²) >= 11 is 0. The summed E-state index contributed by atoms with van der Waals surface area (Å²) < 4.78 is 44.5. The van der Waals surface area contributed by atoms with Gasteiger partial charge in [0.05, 0.1) is 0 Å². The topological polar surface area (TPSA) is 51.0 Å². The number of benzene rings is 1. The minimum absolute atomic E-state index is 0.00827. The summed E-state index contributed by atoms with van der Waals surface area (Å²) in [6.45, 7) is 6.69. The van der Waals surface area contributed by atoms with Crippen molar-refractivity contribution in [3.05, 3.63) is 35.5 Å². The normalized spacial score (nSPS) is 11.9. The first-order valence-electron chi connectivity index (χ1n) is 6.48. The molecule has 0 aliphatic heterocycles. The van der Waals surface area contributed by atoms with Crippen molar-refractivity contribution in [3.63, 3.8) is 0 Å². The smallest absolute Gasteiger partial charge is 0.247 e. The Morgan fingerprint density at radius 1 is 1.10 bits per heavy atom. The molecule has 0 aliphatic carbocycles. The van der Waals surface area contributed by atoms with E-state index in [-0.39, 0.29) is 17.0 Å². The van der Waals surface area contributed by atoms with Crippen molar-refractivity contribution in [2.24, 2.45) is 0 Å². The molecular weight excluding hydrogens is 283 g/mol. The first kappa shape index (κ1) is 15.5. The quantitative estimate of drug-likeness (QED) is 0.881. The molecule has 1 aromatic heterocycles. The van der Waals surface area contributed by atoms with Gasteiger partial charge in [-0.3, -0.25) is 0 Å². The minimum Gasteiger partial charge on any atom is -0.421 e. The van der Waals surface area contributed by atoms with Crippen LogP contribution in [0.2, 0.25) is 0 Å². The zero-order valence-electron chi connectivity index (χ0n) is 12.0. The lowest BCUT2D eigenvalue weighted by Crippen LogP contribution is -2.37. The molecule has 0 bridgehead atoms. The van der Waals surface area contributed by atoms with Crippen molar-refractivity contribution in [2.75, 3.05) is 6.54 Å². The van der Waals surface area contributed by atoms with Gasteiger partial charge in [0.1, 0.15) is 0 Å². The van der Waals surface area contributed by atoms with Crippen LogP contribution in [0.25, 0.3) is 11.5 Å². The maximum Gasteiger partial charge on any atom is 0.247 e. The third kappa shape index (κ3) is 4.04. The SMILES string of the molecule is CC(C)(C)NCCc1nnc(-c2cc(F)c(F)c(F)c2)o1. The molecule has 1 N–H and O–H groups in total. The fourth-order valence-corrected chi connectivity index (χ4v) is 1.69. The molecule has 4 nitrogen and oxygen atoms in total. The Morgan fingerprint density at radius 2 is 1.71 bits per heavy atom. The number of rotatable bonds is 4. The number of nitrogens with one attached hydrogen (secondary N) is 1. The number of hydrogen-bond donors (Lipinski definition) is 1. The van der Waals surface area contributed by atoms with Crippen molar-refractivity contribution < 1.29 is 17.6 Å². The summed E-state index contributed by atoms with van der Waals surface area (Å²) in [5.74, 6) is -3.81. The van der Waals surface area contributed by atoms with Crippen molar-refractivity contribution >= 4 is 0 Å². The molecule has 0 spiro atoms. The van der Waals surface area contributed by atoms with Crippen LogP contribution in [-0.2, 0) is 6.42 Å². The maximum atomic E-state index is 13.2. The molecule has 2 aromatic rings. The molecule has 1 heterocycles. The van der Waals surface area contributed by atoms with E-state index < -0.39 is 17.5 Å². The third-order valence-electron chi connectivity index (χ3n) is 2.69. The molecule has 1 aromatic carbocycles. The Hall–Kier alpha value is -1.89. The van der Waals surface area contributed by atoms with Gasteiger partial charge in [-0.1, -0.05) is 0 Å². The molecular formula is C14H16F3N3O. The van der Waals surface area contributed by atoms with Gasteiger partial charge in [0.2, 0.25) is 11.8 Å². The summed E-state index contributed by atoms with van der Waals surface area (Å²) in [7, 11) is 0. The second-order valence-electron chi connectivity index (χ2n) is 5.68. The Balaban J connectivity index is 2.10. The summed E-state index contributed by atoms with van der Waals surface area (Å²) in [6.07, 6.45) is 0.483. The van der Waals surface area contributed by atoms with Crippen molar-refractivity contribution in [1.29, 1.82) is 0 Å². The van der Waals surface area contributed by atoms with Gasteiger partial charge < -0.3 is 9.73 Å². The number of halogens is 3. The summed E-state index contributed by atoms with van der Waals surface area (Å²) in [5, 5.41) is 10.8. The average Bonchev–Trinajstić information content (AvgIpc) is 2.82. The highest BCUT2D eigenvalue weighted by Crippen LogP contribution is 2.22. The van der Waals surface area contributed by atoms with Gasteiger partial charge in [0.25, 0.3) is 0 Å². The van der Waals surface area contributed by atoms with E-state index >= 15 is 0 Å². The monoisotopic (exact) mass is 299 g/mol. The zero-order chi connectivity index (χ0) is 15.6. The molecule has 0 saturated heterocycles. The van der Waals surface area contributed by atoms with Crippen LogP contribution >= 0.6 is 0 Å². The van der Waals surface area contributed by atoms with Crippen LogP contribution in [0.4, 0.5) is 13.2 Å². The molecule has 7 heteroatoms. The summed E-state index contributed by atoms with van der Waals surface area (Å²) in [4.78, 5) is 0. The fourth-order valence-electron chi connectivity index (χ4n) is 1.69. The van der Waals surface area contributed by atoms with Gasteiger partial charge in [-0.2, -0.15) is 0 Å². The van der Waals surface area contributed by atoms with Crippen LogP contribution in [0.1, 0.15) is 26.7 Å². The second-order valence-corrected chi connectivity index (χ2v) is 5.68. The number of nitrogens with zero attached hydrogens (tertiary/aromatic N) is 2. The zero-order valence-corrected chi connectivity index (χ0v) is 12.0. The molecule has 0 atom stereocenters. The molecule has 2 rings (SSSR count). The minimum atomic E-state index is -1.52. The third-order valence-corrected chi connectivity index (χ3v) is 2.69. The predicted octanol–water partition coefficient (Wildman–Crippen LogP) is 3.08. The van der Waals surface area contributed by atoms with E-state index in [2.05, 4.69) is 15.5 Å². The second kappa shape index (κ2) is 5.85. The molecule has 0 amide bonds. The summed E-state index contributed by atoms with van der Waals surface area (Å²) in [6, 6.07) is 1.65. The largest absolute Gasteiger partial charge is 0.421 e. The van der Waals surface area contributed by atoms with E-state index in [9.17, 15) is 13.2 Å². The Bertz CT molecular complexity index is 612. The van der Waals surface area contributed by atoms with Gasteiger partial charge in [0, 0.05) is 24.1 Å². The van der Waals surface area contributed by atoms with E-state index in [0.717, 1.165) is 12.1 Å². The van der Waals surface area contributed by atoms with Gasteiger partial charge >= 0.3 is 0 Å². The average molecular weight is 299 g/mol. The van der Waals surface area contributed by atoms with E-state index in [1.54, 1.807) is 0 Å². The predicted molar refractivity (Wildman–Crippen MR) is 71.1 cm³/mol. The number of aromatic nitrogens is 2. The standard InChI is InChI=1S/C14H16F3N3O/c1-14(2,3)18-5-4-11-19-20-13(21-11)8-6-9(15)12(17)10(16)7-8/h6-7,18H,4-5H2,1-3H3. The number of hydrogen-bond acceptors (Lipinski definition) is 4. The highest BCUT2D eigenvalue weighted by molar-refractivity contribution is 5.52. The lowest BCUT2D eigenvalue weighted by Gasteiger charge is -2.19. The Morgan fingerprint density at radius 3 is 2.29 bits per heavy atom. The molecule has 0 saturated carbocycles. The van der Waals surface area contributed by atoms with Crippen molar-refractivity contribution in [1.82, 2.24) is 15.5 Å². The first-order chi connectivity index (χ1) is 9.76. The molecule has 114 valence electrons. The first-order valence-corrected chi connectivity index (χ1v) is 6.48. The van der Waals surface area contributed by atoms with E-state index in [4.69, 9.17) is 4.42 Å². The van der Waals surface area contributed by atoms with Gasteiger partial charge in [-0.05, 0) is 32.9 Å². The van der Waals surface area contributed by atoms with E-state index in [1.807, 2.05) is 20.8 Å². The molecule has 0 unspecified atom stereocenters. The fraction of sp³-hybridized carbons (Fsp3) is 0.429. The maximum absolute atomic E-state index is 13.2. The van der Waals surface area contributed by atoms with Crippen molar-refractivity contribution in [2.45, 2.75) is 32.7 Å². The molecule has 21 heavy (non-hydrogen) atoms. The molecule has 0 aliphatic rings. The van der Waals surface area contributed by atoms with Gasteiger partial charge in [0.15, 0.2) is 17.5 Å². The highest BCUT2D eigenvalue weighted by atomic mass is 19.2. The van der Waals surface area contributed by atoms with Gasteiger partial charge in [-0.15, -0.1) is 10.2 Å². The van der Waals surface area contributed by atoms with Crippen LogP contribution in [0.5, 0.6) is 0 Å². The van der Waals surface area contributed by atoms with Crippen molar-refractivity contribution in [3.8, 4) is 11.5 Å². The van der Waals surface area contributed by atoms with Crippen LogP contribution in [0.3, 0.4) is 0 Å². The summed E-state index contributed by atoms with van der Waals surface area (Å²) in [5.41, 5.74) is -0.0274. The highest BCUT2D eigenvalue weighted by Gasteiger charge is 2.16. The molecule has 0 fully saturated rings. The lowest BCUT2D eigenvalue weighted by atomic mass is 10.1. The van der Waals surface area contributed by atoms with Crippen LogP contribution in [0.15, 0.2) is 16.5 Å². The van der Waals surface area contributed by atoms with E-state index in [1.165, 1.54) is 0 Å². The Kier molecular flexibility index (Phi) is 4.32. The van der Waals surface area contributed by atoms with Crippen LogP contribution < -0.4 is 5.32 Å². The van der Waals surface area contributed by atoms with E-state index in [0.29, 0.717) is 18.9 Å².